The first-order valence-electron chi connectivity index (χ1n) is 9.56. The Morgan fingerprint density at radius 1 is 0.792 bits per heavy atom. The first kappa shape index (κ1) is 23.4. The van der Waals surface area contributed by atoms with Crippen LogP contribution in [0.25, 0.3) is 0 Å². The molecule has 0 unspecified atom stereocenters. The average molecular weight is 365 g/mol. The summed E-state index contributed by atoms with van der Waals surface area (Å²) in [7, 11) is -4.05. The summed E-state index contributed by atoms with van der Waals surface area (Å²) in [5.41, 5.74) is 0. The van der Waals surface area contributed by atoms with E-state index in [2.05, 4.69) is 6.92 Å². The maximum Gasteiger partial charge on any atom is 0.305 e. The van der Waals surface area contributed by atoms with Crippen molar-refractivity contribution in [3.63, 3.8) is 0 Å². The third-order valence-corrected chi connectivity index (χ3v) is 4.77. The van der Waals surface area contributed by atoms with Gasteiger partial charge in [0.05, 0.1) is 0 Å². The fourth-order valence-corrected chi connectivity index (χ4v) is 2.91. The molecule has 1 N–H and O–H groups in total. The summed E-state index contributed by atoms with van der Waals surface area (Å²) in [5, 5.41) is 0. The van der Waals surface area contributed by atoms with E-state index in [1.54, 1.807) is 0 Å². The van der Waals surface area contributed by atoms with Gasteiger partial charge in [0.2, 0.25) is 0 Å². The largest absolute Gasteiger partial charge is 0.464 e. The summed E-state index contributed by atoms with van der Waals surface area (Å²) in [4.78, 5) is 11.3. The van der Waals surface area contributed by atoms with Crippen LogP contribution in [0.2, 0.25) is 0 Å². The standard InChI is InChI=1S/C18H36O5S/c1-2-3-4-5-6-7-8-9-10-11-12-13-14-15-18(19)23-16-17-24(20,21)22/h2-17H2,1H3,(H,20,21,22). The third kappa shape index (κ3) is 19.4. The molecular weight excluding hydrogens is 328 g/mol. The fraction of sp³-hybridized carbons (Fsp3) is 0.944. The Balaban J connectivity index is 3.20. The molecule has 5 nitrogen and oxygen atoms in total. The quantitative estimate of drug-likeness (QED) is 0.225. The summed E-state index contributed by atoms with van der Waals surface area (Å²) in [5.74, 6) is -0.918. The molecular formula is C18H36O5S. The summed E-state index contributed by atoms with van der Waals surface area (Å²) < 4.78 is 34.2. The molecule has 144 valence electrons. The molecule has 0 aliphatic heterocycles. The topological polar surface area (TPSA) is 80.7 Å². The molecule has 0 bridgehead atoms. The third-order valence-electron chi connectivity index (χ3n) is 4.09. The zero-order chi connectivity index (χ0) is 18.1. The Morgan fingerprint density at radius 2 is 1.21 bits per heavy atom. The first-order chi connectivity index (χ1) is 11.5. The second-order valence-corrected chi connectivity index (χ2v) is 8.07. The van der Waals surface area contributed by atoms with E-state index in [1.807, 2.05) is 0 Å². The molecule has 0 rings (SSSR count). The number of rotatable bonds is 17. The molecule has 0 saturated heterocycles. The van der Waals surface area contributed by atoms with Gasteiger partial charge >= 0.3 is 5.97 Å². The molecule has 0 aliphatic carbocycles. The van der Waals surface area contributed by atoms with Crippen molar-refractivity contribution in [3.8, 4) is 0 Å². The number of unbranched alkanes of at least 4 members (excludes halogenated alkanes) is 12. The number of hydrogen-bond acceptors (Lipinski definition) is 4. The maximum atomic E-state index is 11.3. The van der Waals surface area contributed by atoms with E-state index in [0.717, 1.165) is 19.3 Å². The lowest BCUT2D eigenvalue weighted by molar-refractivity contribution is -0.143. The van der Waals surface area contributed by atoms with Crippen LogP contribution in [0.1, 0.15) is 96.8 Å². The van der Waals surface area contributed by atoms with E-state index >= 15 is 0 Å². The van der Waals surface area contributed by atoms with Gasteiger partial charge in [-0.15, -0.1) is 0 Å². The van der Waals surface area contributed by atoms with Gasteiger partial charge in [-0.3, -0.25) is 9.35 Å². The van der Waals surface area contributed by atoms with Crippen LogP contribution in [-0.2, 0) is 19.6 Å². The zero-order valence-corrected chi connectivity index (χ0v) is 16.1. The molecule has 6 heteroatoms. The first-order valence-corrected chi connectivity index (χ1v) is 11.2. The van der Waals surface area contributed by atoms with Gasteiger partial charge in [0.15, 0.2) is 0 Å². The van der Waals surface area contributed by atoms with Crippen molar-refractivity contribution in [1.29, 1.82) is 0 Å². The number of carbonyl (C=O) groups is 1. The zero-order valence-electron chi connectivity index (χ0n) is 15.3. The second kappa shape index (κ2) is 15.9. The molecule has 0 aliphatic rings. The van der Waals surface area contributed by atoms with Gasteiger partial charge < -0.3 is 4.74 Å². The summed E-state index contributed by atoms with van der Waals surface area (Å²) in [6, 6.07) is 0. The van der Waals surface area contributed by atoms with Gasteiger partial charge in [0.1, 0.15) is 12.4 Å². The van der Waals surface area contributed by atoms with Crippen molar-refractivity contribution >= 4 is 16.1 Å². The number of ether oxygens (including phenoxy) is 1. The molecule has 0 fully saturated rings. The Hall–Kier alpha value is -0.620. The van der Waals surface area contributed by atoms with Crippen LogP contribution in [0.5, 0.6) is 0 Å². The van der Waals surface area contributed by atoms with E-state index in [0.29, 0.717) is 6.42 Å². The number of hydrogen-bond donors (Lipinski definition) is 1. The lowest BCUT2D eigenvalue weighted by atomic mass is 10.0. The minimum atomic E-state index is -4.05. The van der Waals surface area contributed by atoms with E-state index in [4.69, 9.17) is 9.29 Å². The molecule has 0 radical (unpaired) electrons. The summed E-state index contributed by atoms with van der Waals surface area (Å²) in [6.45, 7) is 1.98. The number of esters is 1. The van der Waals surface area contributed by atoms with Gasteiger partial charge in [-0.05, 0) is 6.42 Å². The van der Waals surface area contributed by atoms with Crippen molar-refractivity contribution in [2.45, 2.75) is 96.8 Å². The minimum Gasteiger partial charge on any atom is -0.464 e. The van der Waals surface area contributed by atoms with Gasteiger partial charge in [0, 0.05) is 6.42 Å². The Kier molecular flexibility index (Phi) is 15.5. The maximum absolute atomic E-state index is 11.3. The molecule has 0 amide bonds. The smallest absolute Gasteiger partial charge is 0.305 e. The molecule has 0 spiro atoms. The van der Waals surface area contributed by atoms with Crippen molar-refractivity contribution in [3.05, 3.63) is 0 Å². The van der Waals surface area contributed by atoms with E-state index in [1.165, 1.54) is 64.2 Å². The van der Waals surface area contributed by atoms with Crippen molar-refractivity contribution in [2.75, 3.05) is 12.4 Å². The Morgan fingerprint density at radius 3 is 1.62 bits per heavy atom. The van der Waals surface area contributed by atoms with Crippen LogP contribution in [0.4, 0.5) is 0 Å². The predicted octanol–water partition coefficient (Wildman–Crippen LogP) is 4.90. The SMILES string of the molecule is CCCCCCCCCCCCCCCC(=O)OCCS(=O)(=O)O. The van der Waals surface area contributed by atoms with E-state index in [-0.39, 0.29) is 12.6 Å². The second-order valence-electron chi connectivity index (χ2n) is 6.50. The van der Waals surface area contributed by atoms with Crippen LogP contribution in [-0.4, -0.2) is 31.3 Å². The van der Waals surface area contributed by atoms with E-state index in [9.17, 15) is 13.2 Å². The highest BCUT2D eigenvalue weighted by Crippen LogP contribution is 2.13. The molecule has 0 heterocycles. The lowest BCUT2D eigenvalue weighted by Gasteiger charge is -2.04. The molecule has 0 aromatic carbocycles. The number of carbonyl (C=O) groups excluding carboxylic acids is 1. The average Bonchev–Trinajstić information content (AvgIpc) is 2.50. The van der Waals surface area contributed by atoms with Crippen LogP contribution in [0.3, 0.4) is 0 Å². The monoisotopic (exact) mass is 364 g/mol. The molecule has 0 aromatic heterocycles. The molecule has 0 atom stereocenters. The normalized spacial score (nSPS) is 11.6. The van der Waals surface area contributed by atoms with Crippen LogP contribution in [0, 0.1) is 0 Å². The van der Waals surface area contributed by atoms with Crippen molar-refractivity contribution in [2.24, 2.45) is 0 Å². The predicted molar refractivity (Wildman–Crippen MR) is 97.7 cm³/mol. The Labute approximate surface area is 148 Å². The highest BCUT2D eigenvalue weighted by atomic mass is 32.2. The van der Waals surface area contributed by atoms with Gasteiger partial charge in [-0.1, -0.05) is 84.0 Å². The van der Waals surface area contributed by atoms with Gasteiger partial charge in [-0.2, -0.15) is 8.42 Å². The van der Waals surface area contributed by atoms with E-state index < -0.39 is 15.9 Å². The lowest BCUT2D eigenvalue weighted by Crippen LogP contribution is -2.14. The van der Waals surface area contributed by atoms with Crippen molar-refractivity contribution < 1.29 is 22.5 Å². The van der Waals surface area contributed by atoms with Crippen LogP contribution in [0.15, 0.2) is 0 Å². The Bertz CT molecular complexity index is 392. The van der Waals surface area contributed by atoms with Crippen LogP contribution >= 0.6 is 0 Å². The molecule has 0 saturated carbocycles. The highest BCUT2D eigenvalue weighted by molar-refractivity contribution is 7.85. The summed E-state index contributed by atoms with van der Waals surface area (Å²) >= 11 is 0. The minimum absolute atomic E-state index is 0.268. The molecule has 24 heavy (non-hydrogen) atoms. The fourth-order valence-electron chi connectivity index (χ4n) is 2.62. The van der Waals surface area contributed by atoms with Gasteiger partial charge in [0.25, 0.3) is 10.1 Å². The van der Waals surface area contributed by atoms with Gasteiger partial charge in [-0.25, -0.2) is 0 Å². The summed E-state index contributed by atoms with van der Waals surface area (Å²) in [6.07, 6.45) is 16.6. The van der Waals surface area contributed by atoms with Crippen molar-refractivity contribution in [1.82, 2.24) is 0 Å². The highest BCUT2D eigenvalue weighted by Gasteiger charge is 2.07. The molecule has 0 aromatic rings. The van der Waals surface area contributed by atoms with Crippen LogP contribution < -0.4 is 0 Å².